The van der Waals surface area contributed by atoms with Gasteiger partial charge in [0.25, 0.3) is 0 Å². The van der Waals surface area contributed by atoms with Crippen LogP contribution in [-0.2, 0) is 13.1 Å². The van der Waals surface area contributed by atoms with Crippen molar-refractivity contribution in [2.75, 3.05) is 12.8 Å². The number of nitrogens with two attached hydrogens (primary N) is 1. The molecule has 0 aliphatic rings. The molecule has 0 fully saturated rings. The molecule has 2 N–H and O–H groups in total. The molecule has 2 aromatic carbocycles. The van der Waals surface area contributed by atoms with E-state index in [-0.39, 0.29) is 12.3 Å². The van der Waals surface area contributed by atoms with E-state index in [4.69, 9.17) is 10.5 Å². The van der Waals surface area contributed by atoms with E-state index in [9.17, 15) is 4.79 Å². The van der Waals surface area contributed by atoms with Crippen LogP contribution >= 0.6 is 0 Å². The maximum absolute atomic E-state index is 12.6. The number of aromatic nitrogens is 2. The van der Waals surface area contributed by atoms with Gasteiger partial charge in [0.05, 0.1) is 13.7 Å². The first-order valence-electron chi connectivity index (χ1n) is 7.70. The lowest BCUT2D eigenvalue weighted by Crippen LogP contribution is -2.40. The third kappa shape index (κ3) is 2.76. The number of Topliss-reactive ketones (excluding diaryl/α,β-unsaturated/α-hetero) is 1. The van der Waals surface area contributed by atoms with E-state index in [1.807, 2.05) is 33.4 Å². The SMILES string of the molecule is C=CCn1c(N)[n+](CC(=O)c2ccc(OC)cc2)c2ccccc21. The summed E-state index contributed by atoms with van der Waals surface area (Å²) in [7, 11) is 1.60. The molecule has 1 heterocycles. The number of benzene rings is 2. The van der Waals surface area contributed by atoms with E-state index in [0.717, 1.165) is 16.8 Å². The molecular weight excluding hydrogens is 302 g/mol. The average Bonchev–Trinajstić information content (AvgIpc) is 2.88. The van der Waals surface area contributed by atoms with Gasteiger partial charge in [0.2, 0.25) is 0 Å². The fraction of sp³-hybridized carbons (Fsp3) is 0.158. The first-order chi connectivity index (χ1) is 11.7. The maximum Gasteiger partial charge on any atom is 0.356 e. The lowest BCUT2D eigenvalue weighted by molar-refractivity contribution is -0.642. The van der Waals surface area contributed by atoms with Crippen LogP contribution in [0.15, 0.2) is 61.2 Å². The van der Waals surface area contributed by atoms with E-state index < -0.39 is 0 Å². The Bertz CT molecular complexity index is 895. The predicted molar refractivity (Wildman–Crippen MR) is 94.1 cm³/mol. The number of imidazole rings is 1. The Morgan fingerprint density at radius 3 is 2.62 bits per heavy atom. The van der Waals surface area contributed by atoms with Crippen LogP contribution in [0.25, 0.3) is 11.0 Å². The Hall–Kier alpha value is -3.08. The molecule has 0 radical (unpaired) electrons. The van der Waals surface area contributed by atoms with Gasteiger partial charge in [-0.25, -0.2) is 9.13 Å². The molecule has 0 saturated heterocycles. The van der Waals surface area contributed by atoms with Crippen molar-refractivity contribution in [3.8, 4) is 5.75 Å². The zero-order chi connectivity index (χ0) is 17.1. The third-order valence-electron chi connectivity index (χ3n) is 4.04. The number of ketones is 1. The van der Waals surface area contributed by atoms with Crippen LogP contribution < -0.4 is 15.0 Å². The summed E-state index contributed by atoms with van der Waals surface area (Å²) in [6, 6.07) is 14.9. The molecule has 24 heavy (non-hydrogen) atoms. The van der Waals surface area contributed by atoms with Gasteiger partial charge in [0.1, 0.15) is 23.3 Å². The highest BCUT2D eigenvalue weighted by Gasteiger charge is 2.22. The first kappa shape index (κ1) is 15.8. The van der Waals surface area contributed by atoms with Gasteiger partial charge in [-0.15, -0.1) is 0 Å². The highest BCUT2D eigenvalue weighted by atomic mass is 16.5. The highest BCUT2D eigenvalue weighted by Crippen LogP contribution is 2.17. The molecule has 1 aromatic heterocycles. The highest BCUT2D eigenvalue weighted by molar-refractivity contribution is 5.95. The number of hydrogen-bond acceptors (Lipinski definition) is 3. The normalized spacial score (nSPS) is 10.7. The monoisotopic (exact) mass is 322 g/mol. The Kier molecular flexibility index (Phi) is 4.33. The number of nitrogens with zero attached hydrogens (tertiary/aromatic N) is 2. The quantitative estimate of drug-likeness (QED) is 0.431. The summed E-state index contributed by atoms with van der Waals surface area (Å²) in [4.78, 5) is 12.6. The van der Waals surface area contributed by atoms with E-state index >= 15 is 0 Å². The van der Waals surface area contributed by atoms with Crippen molar-refractivity contribution in [3.05, 3.63) is 66.7 Å². The maximum atomic E-state index is 12.6. The lowest BCUT2D eigenvalue weighted by atomic mass is 10.1. The number of anilines is 1. The van der Waals surface area contributed by atoms with Crippen molar-refractivity contribution in [2.24, 2.45) is 0 Å². The molecule has 0 unspecified atom stereocenters. The molecule has 122 valence electrons. The van der Waals surface area contributed by atoms with Gasteiger partial charge in [0.15, 0.2) is 5.78 Å². The number of nitrogen functional groups attached to an aromatic ring is 1. The fourth-order valence-corrected chi connectivity index (χ4v) is 2.81. The summed E-state index contributed by atoms with van der Waals surface area (Å²) in [6.45, 7) is 4.55. The minimum Gasteiger partial charge on any atom is -0.497 e. The Labute approximate surface area is 140 Å². The van der Waals surface area contributed by atoms with Crippen LogP contribution in [0.2, 0.25) is 0 Å². The van der Waals surface area contributed by atoms with E-state index in [1.54, 1.807) is 37.5 Å². The largest absolute Gasteiger partial charge is 0.497 e. The van der Waals surface area contributed by atoms with Gasteiger partial charge in [-0.1, -0.05) is 24.8 Å². The van der Waals surface area contributed by atoms with Crippen molar-refractivity contribution < 1.29 is 14.1 Å². The summed E-state index contributed by atoms with van der Waals surface area (Å²) in [5.74, 6) is 1.26. The summed E-state index contributed by atoms with van der Waals surface area (Å²) < 4.78 is 8.91. The minimum atomic E-state index is -0.00383. The van der Waals surface area contributed by atoms with E-state index in [1.165, 1.54) is 0 Å². The molecule has 5 nitrogen and oxygen atoms in total. The average molecular weight is 322 g/mol. The van der Waals surface area contributed by atoms with Crippen LogP contribution in [-0.4, -0.2) is 17.5 Å². The standard InChI is InChI=1S/C19H19N3O2/c1-3-12-21-16-6-4-5-7-17(16)22(19(21)20)13-18(23)14-8-10-15(24-2)11-9-14/h3-11,20H,1,12-13H2,2H3/p+1. The molecule has 3 aromatic rings. The Balaban J connectivity index is 1.98. The molecule has 5 heteroatoms. The zero-order valence-electron chi connectivity index (χ0n) is 13.6. The number of hydrogen-bond donors (Lipinski definition) is 1. The van der Waals surface area contributed by atoms with Gasteiger partial charge in [-0.05, 0) is 36.4 Å². The van der Waals surface area contributed by atoms with Crippen LogP contribution in [0.4, 0.5) is 5.95 Å². The van der Waals surface area contributed by atoms with Crippen molar-refractivity contribution in [1.29, 1.82) is 0 Å². The van der Waals surface area contributed by atoms with Crippen molar-refractivity contribution >= 4 is 22.8 Å². The van der Waals surface area contributed by atoms with E-state index in [2.05, 4.69) is 6.58 Å². The van der Waals surface area contributed by atoms with Crippen molar-refractivity contribution in [2.45, 2.75) is 13.1 Å². The second-order valence-electron chi connectivity index (χ2n) is 5.48. The second kappa shape index (κ2) is 6.58. The van der Waals surface area contributed by atoms with Gasteiger partial charge in [-0.2, -0.15) is 0 Å². The third-order valence-corrected chi connectivity index (χ3v) is 4.04. The topological polar surface area (TPSA) is 61.1 Å². The number of para-hydroxylation sites is 2. The van der Waals surface area contributed by atoms with Gasteiger partial charge < -0.3 is 4.74 Å². The van der Waals surface area contributed by atoms with Crippen LogP contribution in [0, 0.1) is 0 Å². The Morgan fingerprint density at radius 1 is 1.25 bits per heavy atom. The number of carbonyl (C=O) groups is 1. The van der Waals surface area contributed by atoms with Crippen molar-refractivity contribution in [3.63, 3.8) is 0 Å². The van der Waals surface area contributed by atoms with Gasteiger partial charge >= 0.3 is 5.95 Å². The number of ether oxygens (including phenoxy) is 1. The number of methoxy groups -OCH3 is 1. The van der Waals surface area contributed by atoms with E-state index in [0.29, 0.717) is 18.1 Å². The second-order valence-corrected chi connectivity index (χ2v) is 5.48. The number of carbonyl (C=O) groups excluding carboxylic acids is 1. The van der Waals surface area contributed by atoms with Gasteiger partial charge in [0, 0.05) is 5.56 Å². The molecule has 0 spiro atoms. The summed E-state index contributed by atoms with van der Waals surface area (Å²) in [6.07, 6.45) is 1.79. The number of fused-ring (bicyclic) bond motifs is 1. The van der Waals surface area contributed by atoms with Crippen LogP contribution in [0.1, 0.15) is 10.4 Å². The van der Waals surface area contributed by atoms with Crippen LogP contribution in [0.3, 0.4) is 0 Å². The summed E-state index contributed by atoms with van der Waals surface area (Å²) in [5.41, 5.74) is 8.82. The molecule has 0 aliphatic heterocycles. The molecule has 0 bridgehead atoms. The van der Waals surface area contributed by atoms with Crippen molar-refractivity contribution in [1.82, 2.24) is 4.57 Å². The van der Waals surface area contributed by atoms with Crippen LogP contribution in [0.5, 0.6) is 5.75 Å². The molecule has 0 aliphatic carbocycles. The Morgan fingerprint density at radius 2 is 1.96 bits per heavy atom. The minimum absolute atomic E-state index is 0.00383. The first-order valence-corrected chi connectivity index (χ1v) is 7.70. The molecular formula is C19H20N3O2+. The molecule has 0 atom stereocenters. The molecule has 0 saturated carbocycles. The summed E-state index contributed by atoms with van der Waals surface area (Å²) in [5, 5.41) is 0. The number of allylic oxidation sites excluding steroid dienone is 1. The van der Waals surface area contributed by atoms with Gasteiger partial charge in [-0.3, -0.25) is 10.5 Å². The summed E-state index contributed by atoms with van der Waals surface area (Å²) >= 11 is 0. The smallest absolute Gasteiger partial charge is 0.356 e. The predicted octanol–water partition coefficient (Wildman–Crippen LogP) is 2.59. The molecule has 0 amide bonds. The number of rotatable bonds is 6. The zero-order valence-corrected chi connectivity index (χ0v) is 13.6. The molecule has 3 rings (SSSR count). The fourth-order valence-electron chi connectivity index (χ4n) is 2.81. The lowest BCUT2D eigenvalue weighted by Gasteiger charge is -2.03.